The number of hydrogen-bond donors (Lipinski definition) is 1. The lowest BCUT2D eigenvalue weighted by Crippen LogP contribution is -2.05. The Balaban J connectivity index is 2.01. The van der Waals surface area contributed by atoms with Gasteiger partial charge in [-0.15, -0.1) is 0 Å². The van der Waals surface area contributed by atoms with Crippen LogP contribution in [0.4, 0.5) is 4.39 Å². The predicted molar refractivity (Wildman–Crippen MR) is 73.6 cm³/mol. The molecular formula is C17H17FO. The van der Waals surface area contributed by atoms with Gasteiger partial charge in [-0.25, -0.2) is 4.39 Å². The average molecular weight is 256 g/mol. The van der Waals surface area contributed by atoms with Gasteiger partial charge in [0.25, 0.3) is 0 Å². The molecule has 2 aromatic carbocycles. The highest BCUT2D eigenvalue weighted by atomic mass is 19.1. The van der Waals surface area contributed by atoms with E-state index in [2.05, 4.69) is 6.07 Å². The van der Waals surface area contributed by atoms with Crippen molar-refractivity contribution in [3.05, 3.63) is 70.5 Å². The third-order valence-electron chi connectivity index (χ3n) is 3.83. The highest BCUT2D eigenvalue weighted by Crippen LogP contribution is 2.43. The molecule has 1 unspecified atom stereocenters. The van der Waals surface area contributed by atoms with E-state index in [1.54, 1.807) is 6.07 Å². The summed E-state index contributed by atoms with van der Waals surface area (Å²) in [6.45, 7) is 1.83. The summed E-state index contributed by atoms with van der Waals surface area (Å²) in [6, 6.07) is 12.6. The van der Waals surface area contributed by atoms with Gasteiger partial charge in [-0.05, 0) is 60.1 Å². The highest BCUT2D eigenvalue weighted by molar-refractivity contribution is 5.41. The van der Waals surface area contributed by atoms with Gasteiger partial charge in [0.05, 0.1) is 0 Å². The summed E-state index contributed by atoms with van der Waals surface area (Å²) in [7, 11) is 0. The van der Waals surface area contributed by atoms with Crippen molar-refractivity contribution in [3.8, 4) is 0 Å². The maximum absolute atomic E-state index is 13.1. The van der Waals surface area contributed by atoms with Crippen LogP contribution in [0.25, 0.3) is 0 Å². The molecule has 1 aliphatic rings. The molecule has 2 aromatic rings. The van der Waals surface area contributed by atoms with E-state index < -0.39 is 6.10 Å². The molecule has 1 nitrogen and oxygen atoms in total. The van der Waals surface area contributed by atoms with Crippen molar-refractivity contribution < 1.29 is 9.50 Å². The van der Waals surface area contributed by atoms with Crippen molar-refractivity contribution in [1.82, 2.24) is 0 Å². The van der Waals surface area contributed by atoms with E-state index >= 15 is 0 Å². The van der Waals surface area contributed by atoms with Crippen LogP contribution < -0.4 is 0 Å². The topological polar surface area (TPSA) is 20.2 Å². The molecule has 0 heterocycles. The van der Waals surface area contributed by atoms with Crippen LogP contribution in [0.15, 0.2) is 42.5 Å². The van der Waals surface area contributed by atoms with E-state index in [0.29, 0.717) is 5.92 Å². The monoisotopic (exact) mass is 256 g/mol. The average Bonchev–Trinajstić information content (AvgIpc) is 3.22. The molecule has 0 amide bonds. The van der Waals surface area contributed by atoms with Gasteiger partial charge in [-0.2, -0.15) is 0 Å². The van der Waals surface area contributed by atoms with Gasteiger partial charge >= 0.3 is 0 Å². The van der Waals surface area contributed by atoms with E-state index in [4.69, 9.17) is 0 Å². The van der Waals surface area contributed by atoms with Crippen molar-refractivity contribution in [3.63, 3.8) is 0 Å². The Bertz CT molecular complexity index is 602. The predicted octanol–water partition coefficient (Wildman–Crippen LogP) is 4.09. The van der Waals surface area contributed by atoms with Crippen molar-refractivity contribution in [2.24, 2.45) is 0 Å². The van der Waals surface area contributed by atoms with Crippen LogP contribution in [0.2, 0.25) is 0 Å². The van der Waals surface area contributed by atoms with Gasteiger partial charge in [0.15, 0.2) is 0 Å². The number of aryl methyl sites for hydroxylation is 1. The van der Waals surface area contributed by atoms with Crippen LogP contribution in [0.5, 0.6) is 0 Å². The number of hydrogen-bond acceptors (Lipinski definition) is 1. The first-order valence-electron chi connectivity index (χ1n) is 6.70. The van der Waals surface area contributed by atoms with Crippen LogP contribution >= 0.6 is 0 Å². The van der Waals surface area contributed by atoms with Gasteiger partial charge in [-0.1, -0.05) is 30.3 Å². The summed E-state index contributed by atoms with van der Waals surface area (Å²) in [4.78, 5) is 0. The minimum absolute atomic E-state index is 0.260. The fourth-order valence-electron chi connectivity index (χ4n) is 2.64. The molecule has 19 heavy (non-hydrogen) atoms. The van der Waals surface area contributed by atoms with Gasteiger partial charge in [0.2, 0.25) is 0 Å². The molecule has 0 aromatic heterocycles. The second kappa shape index (κ2) is 4.78. The van der Waals surface area contributed by atoms with Gasteiger partial charge in [-0.3, -0.25) is 0 Å². The Hall–Kier alpha value is -1.67. The minimum Gasteiger partial charge on any atom is -0.384 e. The lowest BCUT2D eigenvalue weighted by molar-refractivity contribution is 0.218. The summed E-state index contributed by atoms with van der Waals surface area (Å²) < 4.78 is 13.1. The van der Waals surface area contributed by atoms with Crippen LogP contribution in [0.1, 0.15) is 47.1 Å². The molecule has 0 radical (unpaired) electrons. The van der Waals surface area contributed by atoms with Crippen LogP contribution in [0, 0.1) is 12.7 Å². The molecule has 0 spiro atoms. The van der Waals surface area contributed by atoms with Gasteiger partial charge < -0.3 is 5.11 Å². The largest absolute Gasteiger partial charge is 0.384 e. The summed E-state index contributed by atoms with van der Waals surface area (Å²) in [6.07, 6.45) is 1.73. The fourth-order valence-corrected chi connectivity index (χ4v) is 2.64. The summed E-state index contributed by atoms with van der Waals surface area (Å²) in [5.41, 5.74) is 3.77. The summed E-state index contributed by atoms with van der Waals surface area (Å²) in [5, 5.41) is 10.6. The first-order chi connectivity index (χ1) is 9.16. The maximum Gasteiger partial charge on any atom is 0.123 e. The fraction of sp³-hybridized carbons (Fsp3) is 0.294. The normalized spacial score (nSPS) is 16.4. The zero-order valence-corrected chi connectivity index (χ0v) is 10.9. The molecule has 98 valence electrons. The number of benzene rings is 2. The minimum atomic E-state index is -0.669. The Morgan fingerprint density at radius 2 is 1.84 bits per heavy atom. The third-order valence-corrected chi connectivity index (χ3v) is 3.83. The third kappa shape index (κ3) is 2.41. The number of aliphatic hydroxyl groups is 1. The number of aliphatic hydroxyl groups excluding tert-OH is 1. The molecule has 1 fully saturated rings. The van der Waals surface area contributed by atoms with E-state index in [1.807, 2.05) is 25.1 Å². The lowest BCUT2D eigenvalue weighted by atomic mass is 9.92. The van der Waals surface area contributed by atoms with Crippen LogP contribution in [-0.4, -0.2) is 5.11 Å². The molecule has 0 saturated heterocycles. The highest BCUT2D eigenvalue weighted by Gasteiger charge is 2.28. The Labute approximate surface area is 112 Å². The van der Waals surface area contributed by atoms with Crippen molar-refractivity contribution in [2.75, 3.05) is 0 Å². The second-order valence-electron chi connectivity index (χ2n) is 5.31. The molecule has 1 aliphatic carbocycles. The molecule has 1 atom stereocenters. The van der Waals surface area contributed by atoms with Crippen LogP contribution in [-0.2, 0) is 0 Å². The molecule has 0 aliphatic heterocycles. The summed E-state index contributed by atoms with van der Waals surface area (Å²) >= 11 is 0. The number of halogens is 1. The van der Waals surface area contributed by atoms with Crippen molar-refractivity contribution >= 4 is 0 Å². The molecule has 0 bridgehead atoms. The first kappa shape index (κ1) is 12.4. The smallest absolute Gasteiger partial charge is 0.123 e. The number of rotatable bonds is 3. The van der Waals surface area contributed by atoms with Gasteiger partial charge in [0.1, 0.15) is 11.9 Å². The van der Waals surface area contributed by atoms with E-state index in [0.717, 1.165) is 16.7 Å². The van der Waals surface area contributed by atoms with E-state index in [1.165, 1.54) is 30.5 Å². The summed E-state index contributed by atoms with van der Waals surface area (Å²) in [5.74, 6) is 0.329. The second-order valence-corrected chi connectivity index (χ2v) is 5.31. The molecular weight excluding hydrogens is 239 g/mol. The molecule has 2 heteroatoms. The zero-order chi connectivity index (χ0) is 13.4. The zero-order valence-electron chi connectivity index (χ0n) is 10.9. The van der Waals surface area contributed by atoms with Crippen molar-refractivity contribution in [1.29, 1.82) is 0 Å². The maximum atomic E-state index is 13.1. The quantitative estimate of drug-likeness (QED) is 0.876. The standard InChI is InChI=1S/C17H17FO/c1-11-10-13(18)8-9-14(11)17(19)16-5-3-2-4-15(16)12-6-7-12/h2-5,8-10,12,17,19H,6-7H2,1H3. The molecule has 1 saturated carbocycles. The lowest BCUT2D eigenvalue weighted by Gasteiger charge is -2.17. The molecule has 3 rings (SSSR count). The van der Waals surface area contributed by atoms with Crippen LogP contribution in [0.3, 0.4) is 0 Å². The van der Waals surface area contributed by atoms with E-state index in [9.17, 15) is 9.50 Å². The van der Waals surface area contributed by atoms with Gasteiger partial charge in [0, 0.05) is 0 Å². The SMILES string of the molecule is Cc1cc(F)ccc1C(O)c1ccccc1C1CC1. The van der Waals surface area contributed by atoms with E-state index in [-0.39, 0.29) is 5.82 Å². The Morgan fingerprint density at radius 1 is 1.11 bits per heavy atom. The Morgan fingerprint density at radius 3 is 2.53 bits per heavy atom. The Kier molecular flexibility index (Phi) is 3.11. The van der Waals surface area contributed by atoms with Crippen molar-refractivity contribution in [2.45, 2.75) is 31.8 Å². The first-order valence-corrected chi connectivity index (χ1v) is 6.70. The molecule has 1 N–H and O–H groups in total.